The highest BCUT2D eigenvalue weighted by molar-refractivity contribution is 5.99. The van der Waals surface area contributed by atoms with Crippen LogP contribution in [0.15, 0.2) is 18.2 Å². The number of ketones is 1. The molecule has 80 valence electrons. The van der Waals surface area contributed by atoms with E-state index in [1.54, 1.807) is 18.2 Å². The Hall–Kier alpha value is -2.08. The smallest absolute Gasteiger partial charge is 0.169 e. The monoisotopic (exact) mass is 214 g/mol. The third kappa shape index (κ3) is 2.12. The molecule has 0 aliphatic carbocycles. The maximum atomic E-state index is 11.5. The lowest BCUT2D eigenvalue weighted by Gasteiger charge is -2.15. The number of hydrogen-bond acceptors (Lipinski definition) is 3. The van der Waals surface area contributed by atoms with Crippen molar-refractivity contribution < 1.29 is 14.3 Å². The van der Waals surface area contributed by atoms with Crippen molar-refractivity contribution in [2.24, 2.45) is 0 Å². The molecule has 1 aliphatic heterocycles. The average Bonchev–Trinajstić information content (AvgIpc) is 2.30. The van der Waals surface area contributed by atoms with Gasteiger partial charge in [0.05, 0.1) is 18.6 Å². The van der Waals surface area contributed by atoms with Crippen molar-refractivity contribution in [1.82, 2.24) is 0 Å². The minimum Gasteiger partial charge on any atom is -0.492 e. The fourth-order valence-electron chi connectivity index (χ4n) is 1.53. The number of rotatable bonds is 1. The fraction of sp³-hybridized carbons (Fsp3) is 0.231. The Balaban J connectivity index is 2.29. The molecule has 0 bridgehead atoms. The minimum atomic E-state index is 0.105. The molecule has 1 heterocycles. The number of benzene rings is 1. The van der Waals surface area contributed by atoms with Gasteiger partial charge in [0.25, 0.3) is 0 Å². The van der Waals surface area contributed by atoms with Crippen molar-refractivity contribution in [3.05, 3.63) is 29.3 Å². The number of carbonyl (C=O) groups is 2. The molecule has 1 aromatic carbocycles. The molecule has 0 unspecified atom stereocenters. The summed E-state index contributed by atoms with van der Waals surface area (Å²) < 4.78 is 5.38. The van der Waals surface area contributed by atoms with Crippen molar-refractivity contribution in [1.29, 1.82) is 0 Å². The molecule has 0 aromatic heterocycles. The standard InChI is InChI=1S/C13H10O3/c14-7-2-1-3-10-4-5-11-12(15)6-8-16-13(11)9-10/h4-5,7,9H,2,6,8H2. The number of carbonyl (C=O) groups excluding carboxylic acids is 2. The summed E-state index contributed by atoms with van der Waals surface area (Å²) in [5.74, 6) is 6.25. The zero-order valence-electron chi connectivity index (χ0n) is 8.66. The normalized spacial score (nSPS) is 13.1. The Morgan fingerprint density at radius 2 is 2.31 bits per heavy atom. The summed E-state index contributed by atoms with van der Waals surface area (Å²) >= 11 is 0. The van der Waals surface area contributed by atoms with Crippen LogP contribution in [0, 0.1) is 11.8 Å². The fourth-order valence-corrected chi connectivity index (χ4v) is 1.53. The van der Waals surface area contributed by atoms with Gasteiger partial charge >= 0.3 is 0 Å². The molecule has 0 spiro atoms. The summed E-state index contributed by atoms with van der Waals surface area (Å²) in [6.07, 6.45) is 1.41. The highest BCUT2D eigenvalue weighted by Crippen LogP contribution is 2.25. The van der Waals surface area contributed by atoms with E-state index in [1.807, 2.05) is 0 Å². The van der Waals surface area contributed by atoms with Crippen LogP contribution in [0.2, 0.25) is 0 Å². The summed E-state index contributed by atoms with van der Waals surface area (Å²) in [6.45, 7) is 0.428. The van der Waals surface area contributed by atoms with E-state index < -0.39 is 0 Å². The Labute approximate surface area is 93.4 Å². The van der Waals surface area contributed by atoms with Crippen molar-refractivity contribution in [3.63, 3.8) is 0 Å². The third-order valence-electron chi connectivity index (χ3n) is 2.29. The Kier molecular flexibility index (Phi) is 3.02. The zero-order valence-corrected chi connectivity index (χ0v) is 8.66. The molecule has 0 amide bonds. The van der Waals surface area contributed by atoms with Gasteiger partial charge in [0.1, 0.15) is 12.0 Å². The van der Waals surface area contributed by atoms with Gasteiger partial charge in [-0.2, -0.15) is 0 Å². The highest BCUT2D eigenvalue weighted by Gasteiger charge is 2.17. The van der Waals surface area contributed by atoms with E-state index in [2.05, 4.69) is 11.8 Å². The molecule has 3 nitrogen and oxygen atoms in total. The number of aldehydes is 1. The predicted octanol–water partition coefficient (Wildman–Crippen LogP) is 1.59. The lowest BCUT2D eigenvalue weighted by atomic mass is 10.0. The molecule has 0 radical (unpaired) electrons. The van der Waals surface area contributed by atoms with Gasteiger partial charge in [0.15, 0.2) is 5.78 Å². The first-order valence-corrected chi connectivity index (χ1v) is 5.04. The molecule has 1 aliphatic rings. The Morgan fingerprint density at radius 3 is 3.12 bits per heavy atom. The largest absolute Gasteiger partial charge is 0.492 e. The van der Waals surface area contributed by atoms with Crippen LogP contribution >= 0.6 is 0 Å². The average molecular weight is 214 g/mol. The molecular formula is C13H10O3. The Bertz CT molecular complexity index is 492. The molecule has 0 saturated heterocycles. The Morgan fingerprint density at radius 1 is 1.44 bits per heavy atom. The summed E-state index contributed by atoms with van der Waals surface area (Å²) in [5.41, 5.74) is 1.38. The van der Waals surface area contributed by atoms with Crippen molar-refractivity contribution in [2.75, 3.05) is 6.61 Å². The summed E-state index contributed by atoms with van der Waals surface area (Å²) in [4.78, 5) is 21.6. The van der Waals surface area contributed by atoms with E-state index >= 15 is 0 Å². The lowest BCUT2D eigenvalue weighted by Crippen LogP contribution is -2.15. The second-order valence-electron chi connectivity index (χ2n) is 3.41. The SMILES string of the molecule is O=CCC#Cc1ccc2c(c1)OCCC2=O. The van der Waals surface area contributed by atoms with Gasteiger partial charge < -0.3 is 9.53 Å². The van der Waals surface area contributed by atoms with Gasteiger partial charge in [-0.3, -0.25) is 4.79 Å². The van der Waals surface area contributed by atoms with Crippen LogP contribution in [-0.4, -0.2) is 18.7 Å². The second kappa shape index (κ2) is 4.63. The van der Waals surface area contributed by atoms with Gasteiger partial charge in [-0.05, 0) is 18.2 Å². The van der Waals surface area contributed by atoms with E-state index in [0.29, 0.717) is 24.3 Å². The maximum Gasteiger partial charge on any atom is 0.169 e. The molecule has 0 fully saturated rings. The van der Waals surface area contributed by atoms with Crippen LogP contribution in [-0.2, 0) is 4.79 Å². The van der Waals surface area contributed by atoms with E-state index in [9.17, 15) is 9.59 Å². The molecule has 0 N–H and O–H groups in total. The molecule has 0 saturated carbocycles. The third-order valence-corrected chi connectivity index (χ3v) is 2.29. The highest BCUT2D eigenvalue weighted by atomic mass is 16.5. The topological polar surface area (TPSA) is 43.4 Å². The van der Waals surface area contributed by atoms with Gasteiger partial charge in [-0.15, -0.1) is 0 Å². The van der Waals surface area contributed by atoms with Gasteiger partial charge in [-0.1, -0.05) is 11.8 Å². The van der Waals surface area contributed by atoms with Gasteiger partial charge in [0, 0.05) is 12.0 Å². The molecular weight excluding hydrogens is 204 g/mol. The van der Waals surface area contributed by atoms with Crippen LogP contribution in [0.4, 0.5) is 0 Å². The minimum absolute atomic E-state index is 0.105. The van der Waals surface area contributed by atoms with Crippen molar-refractivity contribution in [3.8, 4) is 17.6 Å². The number of hydrogen-bond donors (Lipinski definition) is 0. The first-order valence-electron chi connectivity index (χ1n) is 5.04. The quantitative estimate of drug-likeness (QED) is 0.526. The maximum absolute atomic E-state index is 11.5. The van der Waals surface area contributed by atoms with E-state index in [1.165, 1.54) is 0 Å². The van der Waals surface area contributed by atoms with E-state index in [0.717, 1.165) is 11.8 Å². The zero-order chi connectivity index (χ0) is 11.4. The van der Waals surface area contributed by atoms with Crippen LogP contribution in [0.1, 0.15) is 28.8 Å². The first kappa shape index (κ1) is 10.4. The number of ether oxygens (including phenoxy) is 1. The molecule has 2 rings (SSSR count). The summed E-state index contributed by atoms with van der Waals surface area (Å²) in [6, 6.07) is 5.23. The van der Waals surface area contributed by atoms with E-state index in [4.69, 9.17) is 4.74 Å². The van der Waals surface area contributed by atoms with Gasteiger partial charge in [-0.25, -0.2) is 0 Å². The van der Waals surface area contributed by atoms with E-state index in [-0.39, 0.29) is 12.2 Å². The second-order valence-corrected chi connectivity index (χ2v) is 3.41. The summed E-state index contributed by atoms with van der Waals surface area (Å²) in [5, 5.41) is 0. The number of fused-ring (bicyclic) bond motifs is 1. The predicted molar refractivity (Wildman–Crippen MR) is 58.4 cm³/mol. The number of Topliss-reactive ketones (excluding diaryl/α,β-unsaturated/α-hetero) is 1. The molecule has 16 heavy (non-hydrogen) atoms. The molecule has 1 aromatic rings. The lowest BCUT2D eigenvalue weighted by molar-refractivity contribution is -0.107. The van der Waals surface area contributed by atoms with Crippen LogP contribution in [0.5, 0.6) is 5.75 Å². The van der Waals surface area contributed by atoms with Crippen molar-refractivity contribution in [2.45, 2.75) is 12.8 Å². The summed E-state index contributed by atoms with van der Waals surface area (Å²) in [7, 11) is 0. The van der Waals surface area contributed by atoms with Crippen molar-refractivity contribution >= 4 is 12.1 Å². The van der Waals surface area contributed by atoms with Crippen LogP contribution < -0.4 is 4.74 Å². The first-order chi connectivity index (χ1) is 7.81. The van der Waals surface area contributed by atoms with Crippen LogP contribution in [0.3, 0.4) is 0 Å². The van der Waals surface area contributed by atoms with Crippen LogP contribution in [0.25, 0.3) is 0 Å². The van der Waals surface area contributed by atoms with Gasteiger partial charge in [0.2, 0.25) is 0 Å². The molecule has 0 atom stereocenters. The molecule has 3 heteroatoms.